The molecule has 3 rings (SSSR count). The molecule has 148 valence electrons. The number of imidazole rings is 1. The summed E-state index contributed by atoms with van der Waals surface area (Å²) in [5.41, 5.74) is 0.765. The van der Waals surface area contributed by atoms with Crippen LogP contribution in [0, 0.1) is 0 Å². The summed E-state index contributed by atoms with van der Waals surface area (Å²) in [5.74, 6) is 1.56. The summed E-state index contributed by atoms with van der Waals surface area (Å²) in [6.07, 6.45) is 10.0. The van der Waals surface area contributed by atoms with Crippen LogP contribution in [0.3, 0.4) is 0 Å². The predicted molar refractivity (Wildman–Crippen MR) is 108 cm³/mol. The van der Waals surface area contributed by atoms with Crippen molar-refractivity contribution < 1.29 is 4.79 Å². The van der Waals surface area contributed by atoms with E-state index in [-0.39, 0.29) is 11.4 Å². The Balaban J connectivity index is 1.70. The van der Waals surface area contributed by atoms with Gasteiger partial charge in [-0.2, -0.15) is 0 Å². The molecule has 2 aromatic heterocycles. The second-order valence-electron chi connectivity index (χ2n) is 8.85. The van der Waals surface area contributed by atoms with Gasteiger partial charge in [0.2, 0.25) is 0 Å². The molecule has 0 spiro atoms. The number of hydrogen-bond donors (Lipinski definition) is 0. The Labute approximate surface area is 162 Å². The third-order valence-corrected chi connectivity index (χ3v) is 5.32. The van der Waals surface area contributed by atoms with E-state index in [4.69, 9.17) is 0 Å². The lowest BCUT2D eigenvalue weighted by Crippen LogP contribution is -2.39. The number of hydrogen-bond acceptors (Lipinski definition) is 3. The van der Waals surface area contributed by atoms with Crippen molar-refractivity contribution in [1.82, 2.24) is 23.9 Å². The summed E-state index contributed by atoms with van der Waals surface area (Å²) >= 11 is 0. The fraction of sp³-hybridized carbons (Fsp3) is 0.619. The zero-order valence-corrected chi connectivity index (χ0v) is 17.4. The highest BCUT2D eigenvalue weighted by Gasteiger charge is 2.28. The van der Waals surface area contributed by atoms with E-state index in [1.54, 1.807) is 0 Å². The molecule has 1 aliphatic rings. The predicted octanol–water partition coefficient (Wildman–Crippen LogP) is 3.02. The van der Waals surface area contributed by atoms with Crippen molar-refractivity contribution in [2.75, 3.05) is 33.7 Å². The SMILES string of the molecule is CN(C)CCn1ccnc1[C@H]1CCCN(C(=O)c2ccn(C(C)(C)C)c2)C1. The van der Waals surface area contributed by atoms with Gasteiger partial charge in [0.15, 0.2) is 0 Å². The van der Waals surface area contributed by atoms with Crippen LogP contribution in [-0.2, 0) is 12.1 Å². The maximum Gasteiger partial charge on any atom is 0.255 e. The van der Waals surface area contributed by atoms with E-state index in [1.807, 2.05) is 29.6 Å². The normalized spacial score (nSPS) is 18.3. The molecule has 1 fully saturated rings. The number of rotatable bonds is 5. The van der Waals surface area contributed by atoms with Gasteiger partial charge in [0.25, 0.3) is 5.91 Å². The van der Waals surface area contributed by atoms with Crippen molar-refractivity contribution in [3.63, 3.8) is 0 Å². The number of likely N-dealkylation sites (N-methyl/N-ethyl adjacent to an activating group) is 1. The molecular formula is C21H33N5O. The smallest absolute Gasteiger partial charge is 0.255 e. The van der Waals surface area contributed by atoms with Crippen LogP contribution < -0.4 is 0 Å². The van der Waals surface area contributed by atoms with E-state index in [0.717, 1.165) is 50.4 Å². The summed E-state index contributed by atoms with van der Waals surface area (Å²) in [6.45, 7) is 9.93. The van der Waals surface area contributed by atoms with Crippen molar-refractivity contribution >= 4 is 5.91 Å². The highest BCUT2D eigenvalue weighted by atomic mass is 16.2. The molecule has 0 bridgehead atoms. The molecule has 6 heteroatoms. The van der Waals surface area contributed by atoms with E-state index in [0.29, 0.717) is 5.92 Å². The van der Waals surface area contributed by atoms with Gasteiger partial charge in [-0.15, -0.1) is 0 Å². The molecule has 0 radical (unpaired) electrons. The fourth-order valence-electron chi connectivity index (χ4n) is 3.67. The molecule has 1 amide bonds. The van der Waals surface area contributed by atoms with Gasteiger partial charge in [0.05, 0.1) is 5.56 Å². The standard InChI is InChI=1S/C21H33N5O/c1-21(2,3)26-11-8-18(16-26)20(27)25-10-6-7-17(15-25)19-22-9-12-24(19)14-13-23(4)5/h8-9,11-12,16-17H,6-7,10,13-15H2,1-5H3/t17-/m0/s1. The van der Waals surface area contributed by atoms with Gasteiger partial charge in [-0.3, -0.25) is 4.79 Å². The Morgan fingerprint density at radius 1 is 1.30 bits per heavy atom. The van der Waals surface area contributed by atoms with Crippen molar-refractivity contribution in [2.45, 2.75) is 51.6 Å². The first-order valence-electron chi connectivity index (χ1n) is 9.89. The highest BCUT2D eigenvalue weighted by molar-refractivity contribution is 5.94. The van der Waals surface area contributed by atoms with Crippen LogP contribution in [0.5, 0.6) is 0 Å². The minimum atomic E-state index is -0.0137. The Morgan fingerprint density at radius 3 is 2.74 bits per heavy atom. The molecule has 1 saturated heterocycles. The Hall–Kier alpha value is -2.08. The molecule has 2 aromatic rings. The average molecular weight is 372 g/mol. The molecule has 27 heavy (non-hydrogen) atoms. The largest absolute Gasteiger partial charge is 0.348 e. The van der Waals surface area contributed by atoms with Crippen LogP contribution in [0.25, 0.3) is 0 Å². The summed E-state index contributed by atoms with van der Waals surface area (Å²) in [4.78, 5) is 21.8. The van der Waals surface area contributed by atoms with Crippen LogP contribution in [0.2, 0.25) is 0 Å². The van der Waals surface area contributed by atoms with Crippen LogP contribution in [0.15, 0.2) is 30.9 Å². The van der Waals surface area contributed by atoms with Gasteiger partial charge in [0.1, 0.15) is 5.82 Å². The van der Waals surface area contributed by atoms with Crippen molar-refractivity contribution in [1.29, 1.82) is 0 Å². The third kappa shape index (κ3) is 4.61. The van der Waals surface area contributed by atoms with E-state index < -0.39 is 0 Å². The molecule has 0 N–H and O–H groups in total. The van der Waals surface area contributed by atoms with Gasteiger partial charge in [-0.1, -0.05) is 0 Å². The Kier molecular flexibility index (Phi) is 5.75. The summed E-state index contributed by atoms with van der Waals surface area (Å²) in [6, 6.07) is 1.94. The number of carbonyl (C=O) groups is 1. The van der Waals surface area contributed by atoms with Crippen LogP contribution in [-0.4, -0.2) is 63.6 Å². The van der Waals surface area contributed by atoms with Crippen molar-refractivity contribution in [3.05, 3.63) is 42.2 Å². The number of nitrogens with zero attached hydrogens (tertiary/aromatic N) is 5. The minimum Gasteiger partial charge on any atom is -0.348 e. The number of likely N-dealkylation sites (tertiary alicyclic amines) is 1. The van der Waals surface area contributed by atoms with Crippen molar-refractivity contribution in [2.24, 2.45) is 0 Å². The monoisotopic (exact) mass is 371 g/mol. The summed E-state index contributed by atoms with van der Waals surface area (Å²) in [5, 5.41) is 0. The van der Waals surface area contributed by atoms with Crippen molar-refractivity contribution in [3.8, 4) is 0 Å². The van der Waals surface area contributed by atoms with E-state index in [2.05, 4.69) is 60.1 Å². The number of aromatic nitrogens is 3. The maximum absolute atomic E-state index is 13.0. The number of piperidine rings is 1. The molecule has 6 nitrogen and oxygen atoms in total. The Morgan fingerprint density at radius 2 is 2.07 bits per heavy atom. The maximum atomic E-state index is 13.0. The zero-order valence-electron chi connectivity index (χ0n) is 17.4. The first kappa shape index (κ1) is 19.7. The van der Waals surface area contributed by atoms with Gasteiger partial charge >= 0.3 is 0 Å². The summed E-state index contributed by atoms with van der Waals surface area (Å²) < 4.78 is 4.35. The molecule has 1 atom stereocenters. The van der Waals surface area contributed by atoms with Crippen LogP contribution in [0.1, 0.15) is 55.7 Å². The van der Waals surface area contributed by atoms with E-state index >= 15 is 0 Å². The topological polar surface area (TPSA) is 46.3 Å². The third-order valence-electron chi connectivity index (χ3n) is 5.32. The second kappa shape index (κ2) is 7.89. The first-order chi connectivity index (χ1) is 12.8. The van der Waals surface area contributed by atoms with Crippen LogP contribution >= 0.6 is 0 Å². The minimum absolute atomic E-state index is 0.0137. The molecule has 1 aliphatic heterocycles. The van der Waals surface area contributed by atoms with Gasteiger partial charge in [-0.25, -0.2) is 4.98 Å². The average Bonchev–Trinajstić information content (AvgIpc) is 3.28. The first-order valence-corrected chi connectivity index (χ1v) is 9.89. The molecule has 0 unspecified atom stereocenters. The molecule has 0 aliphatic carbocycles. The number of carbonyl (C=O) groups excluding carboxylic acids is 1. The summed E-state index contributed by atoms with van der Waals surface area (Å²) in [7, 11) is 4.17. The molecule has 0 aromatic carbocycles. The molecule has 0 saturated carbocycles. The second-order valence-corrected chi connectivity index (χ2v) is 8.85. The molecular weight excluding hydrogens is 338 g/mol. The quantitative estimate of drug-likeness (QED) is 0.812. The Bertz CT molecular complexity index is 768. The number of amides is 1. The van der Waals surface area contributed by atoms with E-state index in [9.17, 15) is 4.79 Å². The van der Waals surface area contributed by atoms with Gasteiger partial charge in [0, 0.05) is 62.4 Å². The van der Waals surface area contributed by atoms with Crippen LogP contribution in [0.4, 0.5) is 0 Å². The fourth-order valence-corrected chi connectivity index (χ4v) is 3.67. The zero-order chi connectivity index (χ0) is 19.6. The van der Waals surface area contributed by atoms with Gasteiger partial charge < -0.3 is 18.9 Å². The molecule has 3 heterocycles. The highest BCUT2D eigenvalue weighted by Crippen LogP contribution is 2.27. The van der Waals surface area contributed by atoms with Gasteiger partial charge in [-0.05, 0) is 53.8 Å². The lowest BCUT2D eigenvalue weighted by atomic mass is 9.96. The lowest BCUT2D eigenvalue weighted by molar-refractivity contribution is 0.0703. The van der Waals surface area contributed by atoms with E-state index in [1.165, 1.54) is 0 Å². The lowest BCUT2D eigenvalue weighted by Gasteiger charge is -2.32.